The molecule has 2 heterocycles. The number of carbonyl (C=O) groups excluding carboxylic acids is 1. The largest absolute Gasteiger partial charge is 0.338 e. The summed E-state index contributed by atoms with van der Waals surface area (Å²) < 4.78 is 1.90. The minimum Gasteiger partial charge on any atom is -0.338 e. The Labute approximate surface area is 141 Å². The third-order valence-electron chi connectivity index (χ3n) is 3.82. The second kappa shape index (κ2) is 7.59. The monoisotopic (exact) mass is 335 g/mol. The number of aromatic nitrogens is 3. The number of rotatable bonds is 6. The van der Waals surface area contributed by atoms with Crippen molar-refractivity contribution in [2.45, 2.75) is 46.7 Å². The highest BCUT2D eigenvalue weighted by Crippen LogP contribution is 2.28. The molecule has 0 spiro atoms. The molecule has 0 radical (unpaired) electrons. The number of hydrogen-bond donors (Lipinski definition) is 1. The highest BCUT2D eigenvalue weighted by Gasteiger charge is 2.21. The van der Waals surface area contributed by atoms with Gasteiger partial charge in [0.1, 0.15) is 0 Å². The molecule has 126 valence electrons. The molecule has 0 saturated heterocycles. The van der Waals surface area contributed by atoms with Crippen LogP contribution >= 0.6 is 11.3 Å². The van der Waals surface area contributed by atoms with E-state index >= 15 is 0 Å². The maximum absolute atomic E-state index is 12.3. The van der Waals surface area contributed by atoms with Crippen molar-refractivity contribution in [1.82, 2.24) is 25.0 Å². The van der Waals surface area contributed by atoms with E-state index in [9.17, 15) is 4.79 Å². The summed E-state index contributed by atoms with van der Waals surface area (Å²) >= 11 is 1.65. The van der Waals surface area contributed by atoms with Crippen molar-refractivity contribution in [3.8, 4) is 0 Å². The maximum atomic E-state index is 12.3. The molecule has 0 fully saturated rings. The Kier molecular flexibility index (Phi) is 5.76. The number of amides is 2. The van der Waals surface area contributed by atoms with Crippen LogP contribution in [0.3, 0.4) is 0 Å². The Morgan fingerprint density at radius 2 is 2.17 bits per heavy atom. The van der Waals surface area contributed by atoms with Crippen molar-refractivity contribution in [1.29, 1.82) is 0 Å². The van der Waals surface area contributed by atoms with Gasteiger partial charge in [-0.05, 0) is 39.7 Å². The van der Waals surface area contributed by atoms with Gasteiger partial charge in [-0.15, -0.1) is 11.3 Å². The lowest BCUT2D eigenvalue weighted by Crippen LogP contribution is -2.39. The molecular formula is C16H25N5OS. The van der Waals surface area contributed by atoms with Crippen molar-refractivity contribution in [3.63, 3.8) is 0 Å². The van der Waals surface area contributed by atoms with Crippen molar-refractivity contribution < 1.29 is 4.79 Å². The molecule has 6 nitrogen and oxygen atoms in total. The highest BCUT2D eigenvalue weighted by atomic mass is 32.1. The summed E-state index contributed by atoms with van der Waals surface area (Å²) in [6.07, 6.45) is 4.70. The van der Waals surface area contributed by atoms with E-state index in [4.69, 9.17) is 0 Å². The minimum absolute atomic E-state index is 0.0231. The summed E-state index contributed by atoms with van der Waals surface area (Å²) in [5.41, 5.74) is 2.16. The molecule has 23 heavy (non-hydrogen) atoms. The van der Waals surface area contributed by atoms with Crippen LogP contribution in [0.15, 0.2) is 12.4 Å². The van der Waals surface area contributed by atoms with Crippen molar-refractivity contribution in [3.05, 3.63) is 33.5 Å². The van der Waals surface area contributed by atoms with E-state index in [1.54, 1.807) is 16.2 Å². The van der Waals surface area contributed by atoms with Gasteiger partial charge in [-0.1, -0.05) is 0 Å². The van der Waals surface area contributed by atoms with Crippen LogP contribution in [0.5, 0.6) is 0 Å². The normalized spacial score (nSPS) is 12.2. The van der Waals surface area contributed by atoms with Crippen LogP contribution in [-0.2, 0) is 6.54 Å². The lowest BCUT2D eigenvalue weighted by Gasteiger charge is -2.24. The van der Waals surface area contributed by atoms with E-state index in [0.717, 1.165) is 34.1 Å². The zero-order chi connectivity index (χ0) is 17.0. The van der Waals surface area contributed by atoms with E-state index in [2.05, 4.69) is 15.4 Å². The second-order valence-electron chi connectivity index (χ2n) is 5.84. The van der Waals surface area contributed by atoms with E-state index in [0.29, 0.717) is 6.54 Å². The van der Waals surface area contributed by atoms with Gasteiger partial charge in [-0.2, -0.15) is 5.10 Å². The van der Waals surface area contributed by atoms with Gasteiger partial charge in [-0.25, -0.2) is 9.78 Å². The molecule has 2 rings (SSSR count). The molecule has 0 aliphatic carbocycles. The van der Waals surface area contributed by atoms with Gasteiger partial charge in [0, 0.05) is 31.2 Å². The van der Waals surface area contributed by atoms with E-state index in [-0.39, 0.29) is 12.1 Å². The molecule has 2 amide bonds. The molecule has 1 atom stereocenters. The summed E-state index contributed by atoms with van der Waals surface area (Å²) in [5, 5.41) is 8.24. The average molecular weight is 335 g/mol. The van der Waals surface area contributed by atoms with Gasteiger partial charge >= 0.3 is 6.03 Å². The van der Waals surface area contributed by atoms with Crippen LogP contribution in [0.2, 0.25) is 0 Å². The van der Waals surface area contributed by atoms with E-state index in [1.807, 2.05) is 51.8 Å². The number of thiazole rings is 1. The molecule has 1 unspecified atom stereocenters. The van der Waals surface area contributed by atoms with Gasteiger partial charge in [0.2, 0.25) is 0 Å². The summed E-state index contributed by atoms with van der Waals surface area (Å²) in [5.74, 6) is 0. The van der Waals surface area contributed by atoms with Crippen LogP contribution < -0.4 is 5.32 Å². The Bertz CT molecular complexity index is 663. The first kappa shape index (κ1) is 17.5. The first-order chi connectivity index (χ1) is 10.9. The topological polar surface area (TPSA) is 63.1 Å². The van der Waals surface area contributed by atoms with Gasteiger partial charge < -0.3 is 10.2 Å². The predicted molar refractivity (Wildman–Crippen MR) is 92.7 cm³/mol. The van der Waals surface area contributed by atoms with E-state index in [1.165, 1.54) is 0 Å². The van der Waals surface area contributed by atoms with E-state index < -0.39 is 0 Å². The molecule has 0 aromatic carbocycles. The lowest BCUT2D eigenvalue weighted by atomic mass is 10.2. The molecule has 0 bridgehead atoms. The first-order valence-electron chi connectivity index (χ1n) is 7.82. The van der Waals surface area contributed by atoms with Gasteiger partial charge in [0.15, 0.2) is 0 Å². The fourth-order valence-corrected chi connectivity index (χ4v) is 3.46. The standard InChI is InChI=1S/C16H25N5OS/c1-11-9-18-21(10-11)8-6-7-17-16(22)20(5)13(3)15-12(2)19-14(4)23-15/h9-10,13H,6-8H2,1-5H3,(H,17,22). The third kappa shape index (κ3) is 4.54. The van der Waals surface area contributed by atoms with Crippen LogP contribution in [0.25, 0.3) is 0 Å². The molecule has 2 aromatic heterocycles. The van der Waals surface area contributed by atoms with Crippen LogP contribution in [-0.4, -0.2) is 39.3 Å². The highest BCUT2D eigenvalue weighted by molar-refractivity contribution is 7.11. The molecule has 0 aliphatic rings. The molecule has 2 aromatic rings. The number of urea groups is 1. The fraction of sp³-hybridized carbons (Fsp3) is 0.562. The van der Waals surface area contributed by atoms with Crippen LogP contribution in [0, 0.1) is 20.8 Å². The first-order valence-corrected chi connectivity index (χ1v) is 8.63. The van der Waals surface area contributed by atoms with Crippen molar-refractivity contribution >= 4 is 17.4 Å². The van der Waals surface area contributed by atoms with Gasteiger partial charge in [0.25, 0.3) is 0 Å². The van der Waals surface area contributed by atoms with Crippen LogP contribution in [0.4, 0.5) is 4.79 Å². The molecule has 1 N–H and O–H groups in total. The third-order valence-corrected chi connectivity index (χ3v) is 5.07. The summed E-state index contributed by atoms with van der Waals surface area (Å²) in [6, 6.07) is -0.0328. The number of nitrogens with zero attached hydrogens (tertiary/aromatic N) is 4. The number of carbonyl (C=O) groups is 1. The SMILES string of the molecule is Cc1cnn(CCCNC(=O)N(C)C(C)c2sc(C)nc2C)c1. The second-order valence-corrected chi connectivity index (χ2v) is 7.07. The number of hydrogen-bond acceptors (Lipinski definition) is 4. The molecule has 0 saturated carbocycles. The van der Waals surface area contributed by atoms with Crippen molar-refractivity contribution in [2.75, 3.05) is 13.6 Å². The molecular weight excluding hydrogens is 310 g/mol. The Hall–Kier alpha value is -1.89. The Morgan fingerprint density at radius 1 is 1.43 bits per heavy atom. The average Bonchev–Trinajstić information content (AvgIpc) is 3.07. The summed E-state index contributed by atoms with van der Waals surface area (Å²) in [6.45, 7) is 9.48. The smallest absolute Gasteiger partial charge is 0.317 e. The maximum Gasteiger partial charge on any atom is 0.317 e. The quantitative estimate of drug-likeness (QED) is 0.825. The lowest BCUT2D eigenvalue weighted by molar-refractivity contribution is 0.194. The van der Waals surface area contributed by atoms with Gasteiger partial charge in [-0.3, -0.25) is 4.68 Å². The Morgan fingerprint density at radius 3 is 2.74 bits per heavy atom. The summed E-state index contributed by atoms with van der Waals surface area (Å²) in [7, 11) is 1.82. The zero-order valence-corrected chi connectivity index (χ0v) is 15.3. The number of aryl methyl sites for hydroxylation is 4. The molecule has 7 heteroatoms. The van der Waals surface area contributed by atoms with Crippen molar-refractivity contribution in [2.24, 2.45) is 0 Å². The van der Waals surface area contributed by atoms with Gasteiger partial charge in [0.05, 0.1) is 22.9 Å². The van der Waals surface area contributed by atoms with Crippen LogP contribution in [0.1, 0.15) is 40.5 Å². The predicted octanol–water partition coefficient (Wildman–Crippen LogP) is 3.06. The molecule has 0 aliphatic heterocycles. The zero-order valence-electron chi connectivity index (χ0n) is 14.5. The number of nitrogens with one attached hydrogen (secondary N) is 1. The summed E-state index contributed by atoms with van der Waals surface area (Å²) in [4.78, 5) is 19.6. The Balaban J connectivity index is 1.79. The minimum atomic E-state index is -0.0559. The fourth-order valence-electron chi connectivity index (χ4n) is 2.44.